The summed E-state index contributed by atoms with van der Waals surface area (Å²) in [5, 5.41) is 12.0. The van der Waals surface area contributed by atoms with Crippen molar-refractivity contribution in [1.29, 1.82) is 0 Å². The molecule has 19 heavy (non-hydrogen) atoms. The van der Waals surface area contributed by atoms with Crippen molar-refractivity contribution in [3.05, 3.63) is 41.2 Å². The first-order chi connectivity index (χ1) is 9.34. The molecule has 0 atom stereocenters. The van der Waals surface area contributed by atoms with Gasteiger partial charge in [-0.3, -0.25) is 4.98 Å². The summed E-state index contributed by atoms with van der Waals surface area (Å²) in [6, 6.07) is 2.06. The zero-order chi connectivity index (χ0) is 13.1. The minimum absolute atomic E-state index is 0.773. The first-order valence-corrected chi connectivity index (χ1v) is 6.86. The molecule has 0 saturated heterocycles. The van der Waals surface area contributed by atoms with Gasteiger partial charge in [0.25, 0.3) is 0 Å². The van der Waals surface area contributed by atoms with Crippen LogP contribution < -0.4 is 5.32 Å². The number of nitrogens with one attached hydrogen (secondary N) is 1. The van der Waals surface area contributed by atoms with E-state index in [0.717, 1.165) is 37.7 Å². The Morgan fingerprint density at radius 3 is 3.11 bits per heavy atom. The summed E-state index contributed by atoms with van der Waals surface area (Å²) < 4.78 is 2.26. The number of hydrogen-bond acceptors (Lipinski definition) is 4. The average Bonchev–Trinajstić information content (AvgIpc) is 2.85. The van der Waals surface area contributed by atoms with E-state index >= 15 is 0 Å². The van der Waals surface area contributed by atoms with Crippen LogP contribution in [-0.2, 0) is 26.1 Å². The molecule has 0 unspecified atom stereocenters. The number of nitrogens with zero attached hydrogens (tertiary/aromatic N) is 4. The highest BCUT2D eigenvalue weighted by atomic mass is 15.3. The Kier molecular flexibility index (Phi) is 3.55. The second-order valence-corrected chi connectivity index (χ2v) is 5.05. The lowest BCUT2D eigenvalue weighted by Crippen LogP contribution is -2.19. The third kappa shape index (κ3) is 2.66. The van der Waals surface area contributed by atoms with E-state index in [1.807, 2.05) is 12.4 Å². The predicted molar refractivity (Wildman–Crippen MR) is 72.5 cm³/mol. The zero-order valence-electron chi connectivity index (χ0n) is 11.3. The zero-order valence-corrected chi connectivity index (χ0v) is 11.3. The molecule has 0 aromatic carbocycles. The SMILES string of the molecule is Cc1cnccc1CNCc1nnc2n1CCCC2. The third-order valence-corrected chi connectivity index (χ3v) is 3.67. The molecule has 0 radical (unpaired) electrons. The molecule has 5 nitrogen and oxygen atoms in total. The maximum atomic E-state index is 4.29. The van der Waals surface area contributed by atoms with Crippen LogP contribution in [0.2, 0.25) is 0 Å². The molecule has 0 bridgehead atoms. The molecular weight excluding hydrogens is 238 g/mol. The van der Waals surface area contributed by atoms with Crippen LogP contribution in [0.15, 0.2) is 18.5 Å². The fourth-order valence-electron chi connectivity index (χ4n) is 2.51. The van der Waals surface area contributed by atoms with Crippen molar-refractivity contribution < 1.29 is 0 Å². The first kappa shape index (κ1) is 12.3. The standard InChI is InChI=1S/C14H19N5/c1-11-8-15-6-5-12(11)9-16-10-14-18-17-13-4-2-3-7-19(13)14/h5-6,8,16H,2-4,7,9-10H2,1H3. The number of rotatable bonds is 4. The Morgan fingerprint density at radius 2 is 2.21 bits per heavy atom. The molecule has 2 aromatic heterocycles. The van der Waals surface area contributed by atoms with Gasteiger partial charge in [0.15, 0.2) is 0 Å². The molecule has 3 heterocycles. The van der Waals surface area contributed by atoms with Gasteiger partial charge in [0, 0.05) is 31.9 Å². The van der Waals surface area contributed by atoms with Crippen LogP contribution in [0.25, 0.3) is 0 Å². The van der Waals surface area contributed by atoms with Crippen molar-refractivity contribution in [2.24, 2.45) is 0 Å². The van der Waals surface area contributed by atoms with Gasteiger partial charge >= 0.3 is 0 Å². The fraction of sp³-hybridized carbons (Fsp3) is 0.500. The quantitative estimate of drug-likeness (QED) is 0.904. The second-order valence-electron chi connectivity index (χ2n) is 5.05. The highest BCUT2D eigenvalue weighted by Crippen LogP contribution is 2.14. The number of hydrogen-bond donors (Lipinski definition) is 1. The van der Waals surface area contributed by atoms with Gasteiger partial charge in [-0.15, -0.1) is 10.2 Å². The molecule has 0 amide bonds. The highest BCUT2D eigenvalue weighted by molar-refractivity contribution is 5.21. The van der Waals surface area contributed by atoms with Gasteiger partial charge in [-0.05, 0) is 37.0 Å². The Hall–Kier alpha value is -1.75. The van der Waals surface area contributed by atoms with Crippen LogP contribution in [0.5, 0.6) is 0 Å². The maximum Gasteiger partial charge on any atom is 0.147 e. The van der Waals surface area contributed by atoms with E-state index in [1.165, 1.54) is 24.0 Å². The van der Waals surface area contributed by atoms with Crippen LogP contribution in [-0.4, -0.2) is 19.7 Å². The molecule has 0 fully saturated rings. The number of aryl methyl sites for hydroxylation is 2. The summed E-state index contributed by atoms with van der Waals surface area (Å²) in [5.74, 6) is 2.20. The fourth-order valence-corrected chi connectivity index (χ4v) is 2.51. The lowest BCUT2D eigenvalue weighted by molar-refractivity contribution is 0.497. The minimum atomic E-state index is 0.773. The van der Waals surface area contributed by atoms with Crippen molar-refractivity contribution in [2.75, 3.05) is 0 Å². The molecule has 0 aliphatic carbocycles. The van der Waals surface area contributed by atoms with E-state index in [2.05, 4.69) is 38.1 Å². The van der Waals surface area contributed by atoms with Crippen LogP contribution in [0.4, 0.5) is 0 Å². The summed E-state index contributed by atoms with van der Waals surface area (Å²) in [6.45, 7) is 4.77. The highest BCUT2D eigenvalue weighted by Gasteiger charge is 2.14. The smallest absolute Gasteiger partial charge is 0.147 e. The van der Waals surface area contributed by atoms with E-state index < -0.39 is 0 Å². The molecule has 2 aromatic rings. The van der Waals surface area contributed by atoms with Gasteiger partial charge in [0.2, 0.25) is 0 Å². The first-order valence-electron chi connectivity index (χ1n) is 6.86. The van der Waals surface area contributed by atoms with E-state index in [9.17, 15) is 0 Å². The Bertz CT molecular complexity index is 561. The largest absolute Gasteiger partial charge is 0.314 e. The number of pyridine rings is 1. The van der Waals surface area contributed by atoms with Crippen molar-refractivity contribution in [3.63, 3.8) is 0 Å². The van der Waals surface area contributed by atoms with Gasteiger partial charge in [-0.2, -0.15) is 0 Å². The summed E-state index contributed by atoms with van der Waals surface area (Å²) in [7, 11) is 0. The van der Waals surface area contributed by atoms with Crippen molar-refractivity contribution in [1.82, 2.24) is 25.1 Å². The molecule has 1 aliphatic heterocycles. The minimum Gasteiger partial charge on any atom is -0.314 e. The molecule has 1 aliphatic rings. The lowest BCUT2D eigenvalue weighted by Gasteiger charge is -2.15. The van der Waals surface area contributed by atoms with E-state index in [-0.39, 0.29) is 0 Å². The van der Waals surface area contributed by atoms with Crippen LogP contribution >= 0.6 is 0 Å². The topological polar surface area (TPSA) is 55.6 Å². The Labute approximate surface area is 113 Å². The predicted octanol–water partition coefficient (Wildman–Crippen LogP) is 1.61. The van der Waals surface area contributed by atoms with Crippen LogP contribution in [0.3, 0.4) is 0 Å². The van der Waals surface area contributed by atoms with Crippen molar-refractivity contribution in [2.45, 2.75) is 45.8 Å². The molecule has 5 heteroatoms. The summed E-state index contributed by atoms with van der Waals surface area (Å²) in [6.07, 6.45) is 7.28. The molecule has 0 spiro atoms. The van der Waals surface area contributed by atoms with E-state index in [0.29, 0.717) is 0 Å². The summed E-state index contributed by atoms with van der Waals surface area (Å²) >= 11 is 0. The molecular formula is C14H19N5. The molecule has 100 valence electrons. The summed E-state index contributed by atoms with van der Waals surface area (Å²) in [5.41, 5.74) is 2.51. The Morgan fingerprint density at radius 1 is 1.26 bits per heavy atom. The van der Waals surface area contributed by atoms with Crippen LogP contribution in [0, 0.1) is 6.92 Å². The Balaban J connectivity index is 1.61. The second kappa shape index (κ2) is 5.48. The molecule has 0 saturated carbocycles. The maximum absolute atomic E-state index is 4.29. The van der Waals surface area contributed by atoms with Crippen molar-refractivity contribution in [3.8, 4) is 0 Å². The van der Waals surface area contributed by atoms with Gasteiger partial charge in [0.05, 0.1) is 6.54 Å². The average molecular weight is 257 g/mol. The van der Waals surface area contributed by atoms with Gasteiger partial charge in [0.1, 0.15) is 11.6 Å². The monoisotopic (exact) mass is 257 g/mol. The molecule has 3 rings (SSSR count). The lowest BCUT2D eigenvalue weighted by atomic mass is 10.1. The van der Waals surface area contributed by atoms with Gasteiger partial charge < -0.3 is 9.88 Å². The number of fused-ring (bicyclic) bond motifs is 1. The normalized spacial score (nSPS) is 14.4. The van der Waals surface area contributed by atoms with E-state index in [1.54, 1.807) is 0 Å². The number of aromatic nitrogens is 4. The molecule has 1 N–H and O–H groups in total. The van der Waals surface area contributed by atoms with Crippen molar-refractivity contribution >= 4 is 0 Å². The summed E-state index contributed by atoms with van der Waals surface area (Å²) in [4.78, 5) is 4.11. The van der Waals surface area contributed by atoms with Gasteiger partial charge in [-0.25, -0.2) is 0 Å². The van der Waals surface area contributed by atoms with Crippen LogP contribution in [0.1, 0.15) is 35.6 Å². The van der Waals surface area contributed by atoms with Gasteiger partial charge in [-0.1, -0.05) is 0 Å². The third-order valence-electron chi connectivity index (χ3n) is 3.67. The van der Waals surface area contributed by atoms with E-state index in [4.69, 9.17) is 0 Å².